The zero-order chi connectivity index (χ0) is 25.0. The van der Waals surface area contributed by atoms with Crippen LogP contribution in [0.3, 0.4) is 0 Å². The van der Waals surface area contributed by atoms with Crippen LogP contribution < -0.4 is 4.80 Å². The van der Waals surface area contributed by atoms with E-state index in [4.69, 9.17) is 9.47 Å². The molecular weight excluding hydrogens is 490 g/mol. The number of methoxy groups -OCH3 is 1. The first-order chi connectivity index (χ1) is 16.8. The van der Waals surface area contributed by atoms with Crippen LogP contribution in [0.5, 0.6) is 0 Å². The molecule has 2 aromatic carbocycles. The fraction of sp³-hybridized carbons (Fsp3) is 0.375. The highest BCUT2D eigenvalue weighted by atomic mass is 32.2. The molecule has 1 saturated heterocycles. The van der Waals surface area contributed by atoms with Crippen molar-refractivity contribution in [1.29, 1.82) is 0 Å². The predicted molar refractivity (Wildman–Crippen MR) is 132 cm³/mol. The van der Waals surface area contributed by atoms with Crippen LogP contribution in [0.1, 0.15) is 40.5 Å². The van der Waals surface area contributed by atoms with Gasteiger partial charge in [-0.25, -0.2) is 13.2 Å². The summed E-state index contributed by atoms with van der Waals surface area (Å²) < 4.78 is 39.9. The number of hydrogen-bond donors (Lipinski definition) is 0. The number of amides is 1. The third kappa shape index (κ3) is 5.37. The van der Waals surface area contributed by atoms with E-state index >= 15 is 0 Å². The summed E-state index contributed by atoms with van der Waals surface area (Å²) in [4.78, 5) is 29.9. The molecule has 3 aromatic rings. The second kappa shape index (κ2) is 10.8. The molecule has 0 saturated carbocycles. The number of aromatic nitrogens is 1. The average molecular weight is 518 g/mol. The molecule has 0 bridgehead atoms. The Bertz CT molecular complexity index is 1400. The second-order valence-electron chi connectivity index (χ2n) is 7.96. The van der Waals surface area contributed by atoms with Crippen LogP contribution >= 0.6 is 11.3 Å². The lowest BCUT2D eigenvalue weighted by Gasteiger charge is -2.15. The molecule has 0 unspecified atom stereocenters. The van der Waals surface area contributed by atoms with Crippen molar-refractivity contribution in [3.05, 3.63) is 58.4 Å². The van der Waals surface area contributed by atoms with Crippen LogP contribution in [0, 0.1) is 0 Å². The Morgan fingerprint density at radius 1 is 1.06 bits per heavy atom. The highest BCUT2D eigenvalue weighted by molar-refractivity contribution is 7.89. The maximum Gasteiger partial charge on any atom is 0.337 e. The summed E-state index contributed by atoms with van der Waals surface area (Å²) in [7, 11) is -2.23. The number of esters is 1. The monoisotopic (exact) mass is 517 g/mol. The third-order valence-electron chi connectivity index (χ3n) is 5.77. The Hall–Kier alpha value is -2.86. The molecule has 1 aromatic heterocycles. The zero-order valence-corrected chi connectivity index (χ0v) is 21.2. The summed E-state index contributed by atoms with van der Waals surface area (Å²) in [6.07, 6.45) is 1.71. The van der Waals surface area contributed by atoms with Gasteiger partial charge in [-0.1, -0.05) is 11.3 Å². The van der Waals surface area contributed by atoms with Crippen molar-refractivity contribution in [2.75, 3.05) is 33.4 Å². The number of fused-ring (bicyclic) bond motifs is 1. The SMILES string of the molecule is CCOCCn1c(=NC(=O)c2ccc(S(=O)(=O)N3CCCC3)cc2)sc2cc(C(=O)OC)ccc21. The van der Waals surface area contributed by atoms with Crippen molar-refractivity contribution in [3.63, 3.8) is 0 Å². The van der Waals surface area contributed by atoms with E-state index in [-0.39, 0.29) is 10.5 Å². The largest absolute Gasteiger partial charge is 0.465 e. The molecule has 1 fully saturated rings. The minimum Gasteiger partial charge on any atom is -0.465 e. The van der Waals surface area contributed by atoms with Gasteiger partial charge in [0.1, 0.15) is 0 Å². The average Bonchev–Trinajstić information content (AvgIpc) is 3.52. The van der Waals surface area contributed by atoms with Gasteiger partial charge in [-0.05, 0) is 62.2 Å². The van der Waals surface area contributed by atoms with E-state index in [1.165, 1.54) is 47.0 Å². The number of hydrogen-bond acceptors (Lipinski definition) is 7. The topological polar surface area (TPSA) is 107 Å². The lowest BCUT2D eigenvalue weighted by Crippen LogP contribution is -2.27. The highest BCUT2D eigenvalue weighted by Gasteiger charge is 2.27. The molecule has 0 N–H and O–H groups in total. The van der Waals surface area contributed by atoms with Crippen LogP contribution in [0.2, 0.25) is 0 Å². The predicted octanol–water partition coefficient (Wildman–Crippen LogP) is 3.05. The minimum absolute atomic E-state index is 0.167. The van der Waals surface area contributed by atoms with Gasteiger partial charge in [0.25, 0.3) is 5.91 Å². The quantitative estimate of drug-likeness (QED) is 0.336. The molecule has 186 valence electrons. The van der Waals surface area contributed by atoms with Gasteiger partial charge in [0.05, 0.1) is 34.4 Å². The van der Waals surface area contributed by atoms with E-state index in [0.29, 0.717) is 43.2 Å². The molecule has 1 aliphatic heterocycles. The van der Waals surface area contributed by atoms with Gasteiger partial charge in [0.15, 0.2) is 4.80 Å². The Morgan fingerprint density at radius 3 is 2.40 bits per heavy atom. The summed E-state index contributed by atoms with van der Waals surface area (Å²) in [6.45, 7) is 4.41. The van der Waals surface area contributed by atoms with E-state index in [2.05, 4.69) is 4.99 Å². The van der Waals surface area contributed by atoms with E-state index in [1.54, 1.807) is 18.2 Å². The Kier molecular flexibility index (Phi) is 7.80. The van der Waals surface area contributed by atoms with E-state index in [1.807, 2.05) is 11.5 Å². The normalized spacial score (nSPS) is 15.1. The first-order valence-electron chi connectivity index (χ1n) is 11.3. The van der Waals surface area contributed by atoms with Gasteiger partial charge < -0.3 is 14.0 Å². The summed E-state index contributed by atoms with van der Waals surface area (Å²) in [5, 5.41) is 0. The summed E-state index contributed by atoms with van der Waals surface area (Å²) >= 11 is 1.28. The number of benzene rings is 2. The molecule has 4 rings (SSSR count). The Labute approximate surface area is 207 Å². The molecular formula is C24H27N3O6S2. The van der Waals surface area contributed by atoms with Crippen molar-refractivity contribution < 1.29 is 27.5 Å². The zero-order valence-electron chi connectivity index (χ0n) is 19.6. The summed E-state index contributed by atoms with van der Waals surface area (Å²) in [6, 6.07) is 11.1. The van der Waals surface area contributed by atoms with Gasteiger partial charge in [0, 0.05) is 31.8 Å². The first kappa shape index (κ1) is 25.2. The van der Waals surface area contributed by atoms with Crippen LogP contribution in [0.15, 0.2) is 52.4 Å². The molecule has 1 amide bonds. The molecule has 0 spiro atoms. The van der Waals surface area contributed by atoms with Crippen molar-refractivity contribution >= 4 is 43.5 Å². The van der Waals surface area contributed by atoms with Crippen LogP contribution in [0.25, 0.3) is 10.2 Å². The molecule has 2 heterocycles. The van der Waals surface area contributed by atoms with Crippen LogP contribution in [-0.2, 0) is 26.0 Å². The van der Waals surface area contributed by atoms with Crippen LogP contribution in [-0.4, -0.2) is 62.6 Å². The van der Waals surface area contributed by atoms with Gasteiger partial charge in [-0.2, -0.15) is 9.30 Å². The maximum atomic E-state index is 13.0. The Morgan fingerprint density at radius 2 is 1.74 bits per heavy atom. The molecule has 0 aliphatic carbocycles. The lowest BCUT2D eigenvalue weighted by atomic mass is 10.2. The molecule has 0 radical (unpaired) electrons. The highest BCUT2D eigenvalue weighted by Crippen LogP contribution is 2.22. The second-order valence-corrected chi connectivity index (χ2v) is 10.9. The van der Waals surface area contributed by atoms with Crippen molar-refractivity contribution in [3.8, 4) is 0 Å². The van der Waals surface area contributed by atoms with Gasteiger partial charge in [-0.15, -0.1) is 0 Å². The van der Waals surface area contributed by atoms with E-state index in [0.717, 1.165) is 23.1 Å². The number of carbonyl (C=O) groups excluding carboxylic acids is 2. The number of carbonyl (C=O) groups is 2. The number of sulfonamides is 1. The number of nitrogens with zero attached hydrogens (tertiary/aromatic N) is 3. The van der Waals surface area contributed by atoms with Crippen molar-refractivity contribution in [1.82, 2.24) is 8.87 Å². The summed E-state index contributed by atoms with van der Waals surface area (Å²) in [5.74, 6) is -0.931. The maximum absolute atomic E-state index is 13.0. The number of ether oxygens (including phenoxy) is 2. The smallest absolute Gasteiger partial charge is 0.337 e. The number of thiazole rings is 1. The molecule has 11 heteroatoms. The van der Waals surface area contributed by atoms with E-state index < -0.39 is 21.9 Å². The number of rotatable bonds is 8. The van der Waals surface area contributed by atoms with Gasteiger partial charge in [-0.3, -0.25) is 4.79 Å². The van der Waals surface area contributed by atoms with Crippen molar-refractivity contribution in [2.45, 2.75) is 31.2 Å². The molecule has 9 nitrogen and oxygen atoms in total. The molecule has 1 aliphatic rings. The standard InChI is InChI=1S/C24H27N3O6S2/c1-3-33-15-14-27-20-11-8-18(23(29)32-2)16-21(20)34-24(27)25-22(28)17-6-9-19(10-7-17)35(30,31)26-12-4-5-13-26/h6-11,16H,3-5,12-15H2,1-2H3. The summed E-state index contributed by atoms with van der Waals surface area (Å²) in [5.41, 5.74) is 1.52. The van der Waals surface area contributed by atoms with Gasteiger partial charge in [0.2, 0.25) is 10.0 Å². The fourth-order valence-corrected chi connectivity index (χ4v) is 6.53. The third-order valence-corrected chi connectivity index (χ3v) is 8.72. The minimum atomic E-state index is -3.55. The van der Waals surface area contributed by atoms with Crippen LogP contribution in [0.4, 0.5) is 0 Å². The molecule has 35 heavy (non-hydrogen) atoms. The van der Waals surface area contributed by atoms with E-state index in [9.17, 15) is 18.0 Å². The van der Waals surface area contributed by atoms with Crippen molar-refractivity contribution in [2.24, 2.45) is 4.99 Å². The lowest BCUT2D eigenvalue weighted by molar-refractivity contribution is 0.0600. The Balaban J connectivity index is 1.67. The first-order valence-corrected chi connectivity index (χ1v) is 13.6. The van der Waals surface area contributed by atoms with Gasteiger partial charge >= 0.3 is 5.97 Å². The molecule has 0 atom stereocenters. The fourth-order valence-electron chi connectivity index (χ4n) is 3.92.